The van der Waals surface area contributed by atoms with Gasteiger partial charge in [-0.25, -0.2) is 14.8 Å². The largest absolute Gasteiger partial charge is 0.476 e. The van der Waals surface area contributed by atoms with Crippen LogP contribution >= 0.6 is 11.3 Å². The highest BCUT2D eigenvalue weighted by Crippen LogP contribution is 2.20. The maximum atomic E-state index is 11.4. The predicted octanol–water partition coefficient (Wildman–Crippen LogP) is 1.84. The minimum absolute atomic E-state index is 0.172. The van der Waals surface area contributed by atoms with Crippen LogP contribution in [0.4, 0.5) is 5.69 Å². The van der Waals surface area contributed by atoms with Crippen molar-refractivity contribution in [2.75, 3.05) is 19.5 Å². The lowest BCUT2D eigenvalue weighted by Gasteiger charge is -2.08. The predicted molar refractivity (Wildman–Crippen MR) is 76.0 cm³/mol. The van der Waals surface area contributed by atoms with Crippen LogP contribution in [0.25, 0.3) is 0 Å². The van der Waals surface area contributed by atoms with Gasteiger partial charge in [0.05, 0.1) is 30.6 Å². The molecule has 2 N–H and O–H groups in total. The average molecular weight is 293 g/mol. The maximum absolute atomic E-state index is 11.4. The minimum Gasteiger partial charge on any atom is -0.476 e. The molecule has 0 bridgehead atoms. The van der Waals surface area contributed by atoms with Crippen LogP contribution in [-0.4, -0.2) is 29.7 Å². The molecule has 20 heavy (non-hydrogen) atoms. The molecule has 0 aliphatic rings. The van der Waals surface area contributed by atoms with Crippen LogP contribution in [-0.2, 0) is 11.2 Å². The number of ether oxygens (including phenoxy) is 2. The monoisotopic (exact) mass is 293 g/mol. The van der Waals surface area contributed by atoms with Gasteiger partial charge in [0.25, 0.3) is 0 Å². The lowest BCUT2D eigenvalue weighted by Crippen LogP contribution is -2.09. The number of carbonyl (C=O) groups excluding carboxylic acids is 1. The molecule has 0 atom stereocenters. The molecular formula is C13H15N3O3S. The topological polar surface area (TPSA) is 87.3 Å². The summed E-state index contributed by atoms with van der Waals surface area (Å²) in [5, 5.41) is 0. The van der Waals surface area contributed by atoms with Crippen LogP contribution in [0.15, 0.2) is 17.6 Å². The van der Waals surface area contributed by atoms with Gasteiger partial charge in [0.1, 0.15) is 0 Å². The molecule has 0 saturated heterocycles. The first-order chi connectivity index (χ1) is 9.61. The second kappa shape index (κ2) is 6.33. The number of nitrogen functional groups attached to an aromatic ring is 1. The van der Waals surface area contributed by atoms with E-state index in [1.165, 1.54) is 13.2 Å². The molecule has 106 valence electrons. The number of rotatable bonds is 5. The van der Waals surface area contributed by atoms with E-state index in [0.29, 0.717) is 12.3 Å². The number of thiazole rings is 1. The van der Waals surface area contributed by atoms with Crippen molar-refractivity contribution >= 4 is 23.0 Å². The van der Waals surface area contributed by atoms with Crippen LogP contribution in [0.5, 0.6) is 5.88 Å². The van der Waals surface area contributed by atoms with Crippen molar-refractivity contribution < 1.29 is 14.3 Å². The normalized spacial score (nSPS) is 10.3. The summed E-state index contributed by atoms with van der Waals surface area (Å²) >= 11 is 1.58. The van der Waals surface area contributed by atoms with Crippen LogP contribution in [0.1, 0.15) is 21.1 Å². The highest BCUT2D eigenvalue weighted by atomic mass is 32.1. The fourth-order valence-electron chi connectivity index (χ4n) is 1.59. The van der Waals surface area contributed by atoms with Gasteiger partial charge in [-0.05, 0) is 19.1 Å². The number of aryl methyl sites for hydroxylation is 1. The standard InChI is InChI=1S/C13H15N3O3S/c1-8-11(20-7-15-8)5-6-19-12-9(14)3-4-10(16-12)13(17)18-2/h3-4,7H,5-6,14H2,1-2H3. The van der Waals surface area contributed by atoms with Gasteiger partial charge in [0, 0.05) is 11.3 Å². The number of anilines is 1. The third kappa shape index (κ3) is 3.24. The van der Waals surface area contributed by atoms with Gasteiger partial charge in [-0.3, -0.25) is 0 Å². The van der Waals surface area contributed by atoms with E-state index in [9.17, 15) is 4.79 Å². The number of pyridine rings is 1. The van der Waals surface area contributed by atoms with Gasteiger partial charge in [0.2, 0.25) is 5.88 Å². The fraction of sp³-hybridized carbons (Fsp3) is 0.308. The quantitative estimate of drug-likeness (QED) is 0.846. The minimum atomic E-state index is -0.520. The molecule has 7 heteroatoms. The number of hydrogen-bond donors (Lipinski definition) is 1. The molecule has 0 spiro atoms. The van der Waals surface area contributed by atoms with Gasteiger partial charge in [-0.1, -0.05) is 0 Å². The highest BCUT2D eigenvalue weighted by Gasteiger charge is 2.11. The van der Waals surface area contributed by atoms with Gasteiger partial charge < -0.3 is 15.2 Å². The fourth-order valence-corrected chi connectivity index (χ4v) is 2.35. The number of esters is 1. The molecule has 0 saturated carbocycles. The Bertz CT molecular complexity index is 613. The van der Waals surface area contributed by atoms with E-state index in [1.54, 1.807) is 22.9 Å². The van der Waals surface area contributed by atoms with E-state index in [4.69, 9.17) is 10.5 Å². The summed E-state index contributed by atoms with van der Waals surface area (Å²) in [6, 6.07) is 3.08. The summed E-state index contributed by atoms with van der Waals surface area (Å²) < 4.78 is 10.1. The Balaban J connectivity index is 2.02. The molecule has 0 radical (unpaired) electrons. The zero-order valence-electron chi connectivity index (χ0n) is 11.3. The smallest absolute Gasteiger partial charge is 0.356 e. The highest BCUT2D eigenvalue weighted by molar-refractivity contribution is 7.09. The van der Waals surface area contributed by atoms with E-state index in [0.717, 1.165) is 17.0 Å². The number of hydrogen-bond acceptors (Lipinski definition) is 7. The summed E-state index contributed by atoms with van der Waals surface area (Å²) in [6.45, 7) is 2.38. The van der Waals surface area contributed by atoms with Crippen LogP contribution in [0.2, 0.25) is 0 Å². The molecule has 2 aromatic heterocycles. The van der Waals surface area contributed by atoms with Gasteiger partial charge in [-0.2, -0.15) is 0 Å². The Hall–Kier alpha value is -2.15. The maximum Gasteiger partial charge on any atom is 0.356 e. The zero-order valence-corrected chi connectivity index (χ0v) is 12.1. The van der Waals surface area contributed by atoms with Crippen molar-refractivity contribution in [3.63, 3.8) is 0 Å². The Morgan fingerprint density at radius 1 is 1.45 bits per heavy atom. The number of nitrogens with zero attached hydrogens (tertiary/aromatic N) is 2. The Labute approximate surface area is 120 Å². The van der Waals surface area contributed by atoms with E-state index in [2.05, 4.69) is 14.7 Å². The second-order valence-electron chi connectivity index (χ2n) is 4.04. The second-order valence-corrected chi connectivity index (χ2v) is 4.98. The third-order valence-electron chi connectivity index (χ3n) is 2.70. The SMILES string of the molecule is COC(=O)c1ccc(N)c(OCCc2scnc2C)n1. The molecule has 0 unspecified atom stereocenters. The molecule has 0 aliphatic heterocycles. The van der Waals surface area contributed by atoms with Crippen LogP contribution in [0, 0.1) is 6.92 Å². The van der Waals surface area contributed by atoms with Crippen molar-refractivity contribution in [1.29, 1.82) is 0 Å². The number of aromatic nitrogens is 2. The summed E-state index contributed by atoms with van der Waals surface area (Å²) in [6.07, 6.45) is 0.722. The zero-order chi connectivity index (χ0) is 14.5. The number of methoxy groups -OCH3 is 1. The van der Waals surface area contributed by atoms with Gasteiger partial charge in [-0.15, -0.1) is 11.3 Å². The van der Waals surface area contributed by atoms with Crippen molar-refractivity contribution in [2.24, 2.45) is 0 Å². The molecule has 0 aromatic carbocycles. The summed E-state index contributed by atoms with van der Waals surface area (Å²) in [7, 11) is 1.30. The average Bonchev–Trinajstić information content (AvgIpc) is 2.85. The molecule has 2 heterocycles. The first-order valence-corrected chi connectivity index (χ1v) is 6.86. The molecule has 0 amide bonds. The van der Waals surface area contributed by atoms with Crippen LogP contribution < -0.4 is 10.5 Å². The van der Waals surface area contributed by atoms with Crippen LogP contribution in [0.3, 0.4) is 0 Å². The first kappa shape index (κ1) is 14.3. The Morgan fingerprint density at radius 3 is 2.90 bits per heavy atom. The summed E-state index contributed by atoms with van der Waals surface area (Å²) in [5.74, 6) is -0.275. The molecule has 0 fully saturated rings. The van der Waals surface area contributed by atoms with E-state index in [-0.39, 0.29) is 11.6 Å². The van der Waals surface area contributed by atoms with Gasteiger partial charge >= 0.3 is 5.97 Å². The van der Waals surface area contributed by atoms with Crippen molar-refractivity contribution in [2.45, 2.75) is 13.3 Å². The number of nitrogens with two attached hydrogens (primary N) is 1. The lowest BCUT2D eigenvalue weighted by atomic mass is 10.3. The van der Waals surface area contributed by atoms with Crippen molar-refractivity contribution in [3.05, 3.63) is 33.9 Å². The molecule has 6 nitrogen and oxygen atoms in total. The molecule has 0 aliphatic carbocycles. The van der Waals surface area contributed by atoms with E-state index in [1.807, 2.05) is 6.92 Å². The first-order valence-electron chi connectivity index (χ1n) is 5.98. The molecular weight excluding hydrogens is 278 g/mol. The van der Waals surface area contributed by atoms with Crippen molar-refractivity contribution in [1.82, 2.24) is 9.97 Å². The van der Waals surface area contributed by atoms with E-state index < -0.39 is 5.97 Å². The summed E-state index contributed by atoms with van der Waals surface area (Å²) in [5.41, 5.74) is 9.13. The van der Waals surface area contributed by atoms with Gasteiger partial charge in [0.15, 0.2) is 5.69 Å². The Morgan fingerprint density at radius 2 is 2.25 bits per heavy atom. The molecule has 2 aromatic rings. The third-order valence-corrected chi connectivity index (χ3v) is 3.69. The summed E-state index contributed by atoms with van der Waals surface area (Å²) in [4.78, 5) is 20.8. The van der Waals surface area contributed by atoms with E-state index >= 15 is 0 Å². The Kier molecular flexibility index (Phi) is 4.52. The number of carbonyl (C=O) groups is 1. The lowest BCUT2D eigenvalue weighted by molar-refractivity contribution is 0.0593. The van der Waals surface area contributed by atoms with Crippen molar-refractivity contribution in [3.8, 4) is 5.88 Å². The molecule has 2 rings (SSSR count).